The highest BCUT2D eigenvalue weighted by molar-refractivity contribution is 6.00. The summed E-state index contributed by atoms with van der Waals surface area (Å²) in [6.07, 6.45) is 2.45. The van der Waals surface area contributed by atoms with Crippen molar-refractivity contribution in [1.82, 2.24) is 14.7 Å². The predicted octanol–water partition coefficient (Wildman–Crippen LogP) is 2.28. The van der Waals surface area contributed by atoms with E-state index in [1.807, 2.05) is 38.1 Å². The number of nitrogens with one attached hydrogen (secondary N) is 2. The van der Waals surface area contributed by atoms with Gasteiger partial charge in [0.2, 0.25) is 5.91 Å². The molecule has 2 aromatic rings. The molecule has 144 valence electrons. The molecule has 2 atom stereocenters. The molecule has 1 aliphatic heterocycles. The van der Waals surface area contributed by atoms with E-state index in [1.165, 1.54) is 0 Å². The third-order valence-electron chi connectivity index (χ3n) is 4.87. The minimum Gasteiger partial charge on any atom is -0.394 e. The Kier molecular flexibility index (Phi) is 5.75. The Bertz CT molecular complexity index is 819. The van der Waals surface area contributed by atoms with E-state index in [9.17, 15) is 9.59 Å². The number of benzene rings is 1. The van der Waals surface area contributed by atoms with Crippen LogP contribution in [0.15, 0.2) is 36.5 Å². The third-order valence-corrected chi connectivity index (χ3v) is 4.87. The van der Waals surface area contributed by atoms with Gasteiger partial charge >= 0.3 is 6.03 Å². The van der Waals surface area contributed by atoms with Gasteiger partial charge < -0.3 is 15.3 Å². The first-order valence-corrected chi connectivity index (χ1v) is 9.14. The fraction of sp³-hybridized carbons (Fsp3) is 0.421. The minimum atomic E-state index is -0.582. The molecule has 27 heavy (non-hydrogen) atoms. The first kappa shape index (κ1) is 18.9. The molecule has 1 aliphatic rings. The van der Waals surface area contributed by atoms with Crippen molar-refractivity contribution in [3.8, 4) is 0 Å². The van der Waals surface area contributed by atoms with Gasteiger partial charge in [0.25, 0.3) is 0 Å². The summed E-state index contributed by atoms with van der Waals surface area (Å²) in [5.74, 6) is 0.196. The number of aliphatic hydroxyl groups is 1. The van der Waals surface area contributed by atoms with E-state index < -0.39 is 6.04 Å². The van der Waals surface area contributed by atoms with Crippen molar-refractivity contribution in [2.75, 3.05) is 17.2 Å². The molecule has 2 unspecified atom stereocenters. The zero-order valence-corrected chi connectivity index (χ0v) is 15.6. The van der Waals surface area contributed by atoms with Gasteiger partial charge in [-0.05, 0) is 17.5 Å². The Balaban J connectivity index is 1.87. The number of nitrogens with zero attached hydrogens (tertiary/aromatic N) is 3. The monoisotopic (exact) mass is 371 g/mol. The van der Waals surface area contributed by atoms with Crippen molar-refractivity contribution in [2.24, 2.45) is 5.92 Å². The normalized spacial score (nSPS) is 17.7. The van der Waals surface area contributed by atoms with Crippen LogP contribution in [0.5, 0.6) is 0 Å². The molecule has 0 bridgehead atoms. The topological polar surface area (TPSA) is 99.5 Å². The lowest BCUT2D eigenvalue weighted by molar-refractivity contribution is -0.121. The van der Waals surface area contributed by atoms with Crippen molar-refractivity contribution in [1.29, 1.82) is 0 Å². The number of hydrogen-bond acceptors (Lipinski definition) is 4. The van der Waals surface area contributed by atoms with Crippen molar-refractivity contribution < 1.29 is 14.7 Å². The highest BCUT2D eigenvalue weighted by Crippen LogP contribution is 2.27. The number of fused-ring (bicyclic) bond motifs is 1. The number of urea groups is 1. The van der Waals surface area contributed by atoms with Crippen molar-refractivity contribution in [2.45, 2.75) is 39.4 Å². The lowest BCUT2D eigenvalue weighted by atomic mass is 9.97. The SMILES string of the molecule is CCC(C)C1C(=O)Nc2ccccc2CN1C(=O)Nc1ccn(CCO)n1. The number of hydrogen-bond donors (Lipinski definition) is 3. The molecule has 0 saturated heterocycles. The maximum absolute atomic E-state index is 13.0. The first-order valence-electron chi connectivity index (χ1n) is 9.14. The fourth-order valence-corrected chi connectivity index (χ4v) is 3.23. The molecule has 2 heterocycles. The molecule has 0 fully saturated rings. The summed E-state index contributed by atoms with van der Waals surface area (Å²) in [6, 6.07) is 8.21. The predicted molar refractivity (Wildman–Crippen MR) is 102 cm³/mol. The van der Waals surface area contributed by atoms with Gasteiger partial charge in [0.1, 0.15) is 6.04 Å². The summed E-state index contributed by atoms with van der Waals surface area (Å²) in [4.78, 5) is 27.4. The Labute approximate surface area is 158 Å². The summed E-state index contributed by atoms with van der Waals surface area (Å²) >= 11 is 0. The summed E-state index contributed by atoms with van der Waals surface area (Å²) in [6.45, 7) is 4.62. The summed E-state index contributed by atoms with van der Waals surface area (Å²) in [7, 11) is 0. The largest absolute Gasteiger partial charge is 0.394 e. The fourth-order valence-electron chi connectivity index (χ4n) is 3.23. The summed E-state index contributed by atoms with van der Waals surface area (Å²) in [5.41, 5.74) is 1.62. The molecule has 0 saturated carbocycles. The highest BCUT2D eigenvalue weighted by atomic mass is 16.3. The average Bonchev–Trinajstić information content (AvgIpc) is 3.02. The van der Waals surface area contributed by atoms with E-state index in [2.05, 4.69) is 15.7 Å². The number of rotatable bonds is 5. The molecule has 0 radical (unpaired) electrons. The van der Waals surface area contributed by atoms with Crippen LogP contribution in [0.2, 0.25) is 0 Å². The number of anilines is 2. The zero-order valence-electron chi connectivity index (χ0n) is 15.6. The number of aliphatic hydroxyl groups excluding tert-OH is 1. The molecule has 0 spiro atoms. The van der Waals surface area contributed by atoms with Crippen molar-refractivity contribution >= 4 is 23.4 Å². The Morgan fingerprint density at radius 3 is 2.93 bits per heavy atom. The number of carbonyl (C=O) groups is 2. The molecule has 8 heteroatoms. The standard InChI is InChI=1S/C19H25N5O3/c1-3-13(2)17-18(26)20-15-7-5-4-6-14(15)12-24(17)19(27)21-16-8-9-23(22-16)10-11-25/h4-9,13,17,25H,3,10-12H2,1-2H3,(H,20,26)(H,21,22,27). The smallest absolute Gasteiger partial charge is 0.324 e. The van der Waals surface area contributed by atoms with E-state index in [4.69, 9.17) is 5.11 Å². The minimum absolute atomic E-state index is 0.00277. The summed E-state index contributed by atoms with van der Waals surface area (Å²) < 4.78 is 1.55. The molecule has 8 nitrogen and oxygen atoms in total. The number of aromatic nitrogens is 2. The molecular formula is C19H25N5O3. The van der Waals surface area contributed by atoms with E-state index in [-0.39, 0.29) is 24.5 Å². The molecule has 3 rings (SSSR count). The highest BCUT2D eigenvalue weighted by Gasteiger charge is 2.36. The molecular weight excluding hydrogens is 346 g/mol. The van der Waals surface area contributed by atoms with Crippen molar-refractivity contribution in [3.63, 3.8) is 0 Å². The molecule has 3 N–H and O–H groups in total. The van der Waals surface area contributed by atoms with E-state index in [0.717, 1.165) is 17.7 Å². The summed E-state index contributed by atoms with van der Waals surface area (Å²) in [5, 5.41) is 18.9. The molecule has 3 amide bonds. The van der Waals surface area contributed by atoms with Gasteiger partial charge in [0.05, 0.1) is 19.7 Å². The second-order valence-electron chi connectivity index (χ2n) is 6.72. The number of para-hydroxylation sites is 1. The third kappa shape index (κ3) is 4.11. The maximum atomic E-state index is 13.0. The van der Waals surface area contributed by atoms with E-state index in [1.54, 1.807) is 21.8 Å². The molecule has 1 aromatic carbocycles. The lowest BCUT2D eigenvalue weighted by Gasteiger charge is -2.32. The van der Waals surface area contributed by atoms with Gasteiger partial charge in [-0.3, -0.25) is 14.8 Å². The van der Waals surface area contributed by atoms with Crippen LogP contribution in [0, 0.1) is 5.92 Å². The zero-order chi connectivity index (χ0) is 19.4. The van der Waals surface area contributed by atoms with Crippen LogP contribution in [0.1, 0.15) is 25.8 Å². The van der Waals surface area contributed by atoms with Gasteiger partial charge in [-0.2, -0.15) is 5.10 Å². The quantitative estimate of drug-likeness (QED) is 0.751. The second kappa shape index (κ2) is 8.22. The van der Waals surface area contributed by atoms with Crippen LogP contribution < -0.4 is 10.6 Å². The van der Waals surface area contributed by atoms with Gasteiger partial charge in [-0.25, -0.2) is 4.79 Å². The van der Waals surface area contributed by atoms with Crippen molar-refractivity contribution in [3.05, 3.63) is 42.1 Å². The number of carbonyl (C=O) groups excluding carboxylic acids is 2. The van der Waals surface area contributed by atoms with Crippen LogP contribution >= 0.6 is 0 Å². The molecule has 0 aliphatic carbocycles. The second-order valence-corrected chi connectivity index (χ2v) is 6.72. The van der Waals surface area contributed by atoms with Crippen LogP contribution in [-0.4, -0.2) is 44.4 Å². The van der Waals surface area contributed by atoms with Gasteiger partial charge in [-0.1, -0.05) is 38.5 Å². The average molecular weight is 371 g/mol. The first-order chi connectivity index (χ1) is 13.0. The van der Waals surface area contributed by atoms with Gasteiger partial charge in [0, 0.05) is 18.0 Å². The Morgan fingerprint density at radius 2 is 2.19 bits per heavy atom. The van der Waals surface area contributed by atoms with E-state index in [0.29, 0.717) is 18.9 Å². The molecule has 1 aromatic heterocycles. The van der Waals surface area contributed by atoms with E-state index >= 15 is 0 Å². The maximum Gasteiger partial charge on any atom is 0.324 e. The van der Waals surface area contributed by atoms with Crippen LogP contribution in [0.25, 0.3) is 0 Å². The Hall–Kier alpha value is -2.87. The lowest BCUT2D eigenvalue weighted by Crippen LogP contribution is -2.50. The van der Waals surface area contributed by atoms with Gasteiger partial charge in [-0.15, -0.1) is 0 Å². The number of amides is 3. The van der Waals surface area contributed by atoms with Crippen LogP contribution in [0.3, 0.4) is 0 Å². The van der Waals surface area contributed by atoms with Crippen LogP contribution in [0.4, 0.5) is 16.3 Å². The van der Waals surface area contributed by atoms with Crippen LogP contribution in [-0.2, 0) is 17.9 Å². The Morgan fingerprint density at radius 1 is 1.41 bits per heavy atom. The van der Waals surface area contributed by atoms with Gasteiger partial charge in [0.15, 0.2) is 5.82 Å².